The molecule has 0 saturated heterocycles. The molecule has 186 valence electrons. The van der Waals surface area contributed by atoms with Crippen LogP contribution >= 0.6 is 0 Å². The van der Waals surface area contributed by atoms with E-state index in [1.807, 2.05) is 0 Å². The molecule has 1 aliphatic heterocycles. The highest BCUT2D eigenvalue weighted by atomic mass is 15.2. The van der Waals surface area contributed by atoms with Gasteiger partial charge in [-0.25, -0.2) is 0 Å². The molecule has 8 rings (SSSR count). The first-order chi connectivity index (χ1) is 18.6. The SMILES string of the molecule is CC12CCCCCC1(C)N(c1ccccc1)c1ccc(-c3ccc4ccc5cccc6ccc3c4c56)cc12. The Bertz CT molecular complexity index is 1820. The molecule has 0 radical (unpaired) electrons. The van der Waals surface area contributed by atoms with E-state index in [9.17, 15) is 0 Å². The number of benzene rings is 6. The molecule has 1 heterocycles. The maximum atomic E-state index is 2.68. The van der Waals surface area contributed by atoms with Gasteiger partial charge >= 0.3 is 0 Å². The summed E-state index contributed by atoms with van der Waals surface area (Å²) in [5.41, 5.74) is 7.08. The first-order valence-electron chi connectivity index (χ1n) is 14.3. The highest BCUT2D eigenvalue weighted by Crippen LogP contribution is 2.60. The summed E-state index contributed by atoms with van der Waals surface area (Å²) in [6, 6.07) is 39.0. The van der Waals surface area contributed by atoms with Crippen molar-refractivity contribution in [2.75, 3.05) is 4.90 Å². The Morgan fingerprint density at radius 3 is 2.13 bits per heavy atom. The lowest BCUT2D eigenvalue weighted by molar-refractivity contribution is 0.261. The lowest BCUT2D eigenvalue weighted by Crippen LogP contribution is -2.52. The molecule has 6 aromatic carbocycles. The Morgan fingerprint density at radius 2 is 1.32 bits per heavy atom. The van der Waals surface area contributed by atoms with E-state index in [4.69, 9.17) is 0 Å². The van der Waals surface area contributed by atoms with Gasteiger partial charge < -0.3 is 4.90 Å². The largest absolute Gasteiger partial charge is 0.334 e. The van der Waals surface area contributed by atoms with Crippen LogP contribution in [0.25, 0.3) is 43.4 Å². The van der Waals surface area contributed by atoms with E-state index >= 15 is 0 Å². The van der Waals surface area contributed by atoms with Gasteiger partial charge in [-0.2, -0.15) is 0 Å². The van der Waals surface area contributed by atoms with Crippen LogP contribution in [-0.2, 0) is 5.41 Å². The molecule has 6 aromatic rings. The standard InChI is InChI=1S/C37H33N/c1-36-22-7-4-8-23-37(36,2)38(29-12-5-3-6-13-29)33-21-18-28(24-32(33)36)30-19-16-27-15-14-25-10-9-11-26-17-20-31(30)35(27)34(25)26/h3,5-6,9-21,24H,4,7-8,22-23H2,1-2H3. The number of hydrogen-bond acceptors (Lipinski definition) is 1. The van der Waals surface area contributed by atoms with Crippen LogP contribution in [0.4, 0.5) is 11.4 Å². The van der Waals surface area contributed by atoms with Crippen LogP contribution < -0.4 is 4.90 Å². The van der Waals surface area contributed by atoms with E-state index in [2.05, 4.69) is 122 Å². The Kier molecular flexibility index (Phi) is 4.57. The van der Waals surface area contributed by atoms with Crippen LogP contribution in [0.15, 0.2) is 103 Å². The fourth-order valence-electron chi connectivity index (χ4n) is 8.05. The molecule has 1 nitrogen and oxygen atoms in total. The zero-order valence-corrected chi connectivity index (χ0v) is 22.3. The van der Waals surface area contributed by atoms with Crippen LogP contribution in [0.5, 0.6) is 0 Å². The minimum atomic E-state index is 0.0640. The van der Waals surface area contributed by atoms with Gasteiger partial charge in [-0.05, 0) is 93.0 Å². The van der Waals surface area contributed by atoms with Crippen molar-refractivity contribution >= 4 is 43.7 Å². The molecule has 1 heteroatoms. The van der Waals surface area contributed by atoms with Gasteiger partial charge in [0.25, 0.3) is 0 Å². The van der Waals surface area contributed by atoms with E-state index in [1.54, 1.807) is 0 Å². The third kappa shape index (κ3) is 2.82. The zero-order valence-electron chi connectivity index (χ0n) is 22.3. The van der Waals surface area contributed by atoms with Crippen molar-refractivity contribution < 1.29 is 0 Å². The smallest absolute Gasteiger partial charge is 0.0517 e. The molecule has 2 unspecified atom stereocenters. The lowest BCUT2D eigenvalue weighted by atomic mass is 9.66. The van der Waals surface area contributed by atoms with Crippen molar-refractivity contribution in [2.24, 2.45) is 0 Å². The molecule has 0 N–H and O–H groups in total. The maximum absolute atomic E-state index is 2.68. The summed E-state index contributed by atoms with van der Waals surface area (Å²) in [6.45, 7) is 5.08. The highest BCUT2D eigenvalue weighted by Gasteiger charge is 2.56. The highest BCUT2D eigenvalue weighted by molar-refractivity contribution is 6.25. The average Bonchev–Trinajstić information content (AvgIpc) is 3.03. The van der Waals surface area contributed by atoms with Gasteiger partial charge in [0.2, 0.25) is 0 Å². The van der Waals surface area contributed by atoms with E-state index in [-0.39, 0.29) is 11.0 Å². The molecular weight excluding hydrogens is 458 g/mol. The fraction of sp³-hybridized carbons (Fsp3) is 0.243. The van der Waals surface area contributed by atoms with Crippen LogP contribution in [0.1, 0.15) is 51.5 Å². The minimum absolute atomic E-state index is 0.0640. The van der Waals surface area contributed by atoms with Crippen molar-refractivity contribution in [3.05, 3.63) is 109 Å². The van der Waals surface area contributed by atoms with Gasteiger partial charge in [-0.3, -0.25) is 0 Å². The van der Waals surface area contributed by atoms with Crippen molar-refractivity contribution in [1.29, 1.82) is 0 Å². The Morgan fingerprint density at radius 1 is 0.605 bits per heavy atom. The second-order valence-electron chi connectivity index (χ2n) is 12.0. The van der Waals surface area contributed by atoms with Crippen LogP contribution in [0.3, 0.4) is 0 Å². The molecule has 2 aliphatic rings. The average molecular weight is 492 g/mol. The van der Waals surface area contributed by atoms with E-state index in [0.717, 1.165) is 0 Å². The van der Waals surface area contributed by atoms with Gasteiger partial charge in [-0.15, -0.1) is 0 Å². The summed E-state index contributed by atoms with van der Waals surface area (Å²) >= 11 is 0. The summed E-state index contributed by atoms with van der Waals surface area (Å²) in [7, 11) is 0. The Hall–Kier alpha value is -3.84. The number of rotatable bonds is 2. The number of fused-ring (bicyclic) bond motifs is 3. The topological polar surface area (TPSA) is 3.24 Å². The molecule has 1 aliphatic carbocycles. The summed E-state index contributed by atoms with van der Waals surface area (Å²) < 4.78 is 0. The molecule has 0 spiro atoms. The molecule has 0 bridgehead atoms. The molecule has 2 atom stereocenters. The number of para-hydroxylation sites is 1. The van der Waals surface area contributed by atoms with Crippen LogP contribution in [0.2, 0.25) is 0 Å². The predicted octanol–water partition coefficient (Wildman–Crippen LogP) is 10.4. The molecule has 0 aromatic heterocycles. The van der Waals surface area contributed by atoms with Crippen molar-refractivity contribution in [1.82, 2.24) is 0 Å². The third-order valence-corrected chi connectivity index (χ3v) is 10.2. The maximum Gasteiger partial charge on any atom is 0.0517 e. The summed E-state index contributed by atoms with van der Waals surface area (Å²) in [6.07, 6.45) is 6.39. The summed E-state index contributed by atoms with van der Waals surface area (Å²) in [5.74, 6) is 0. The Labute approximate surface area is 225 Å². The van der Waals surface area contributed by atoms with Gasteiger partial charge in [0.1, 0.15) is 0 Å². The molecule has 1 fully saturated rings. The molecular formula is C37H33N. The second kappa shape index (κ2) is 7.84. The molecule has 38 heavy (non-hydrogen) atoms. The minimum Gasteiger partial charge on any atom is -0.334 e. The van der Waals surface area contributed by atoms with Crippen LogP contribution in [-0.4, -0.2) is 5.54 Å². The van der Waals surface area contributed by atoms with Crippen molar-refractivity contribution in [2.45, 2.75) is 56.9 Å². The van der Waals surface area contributed by atoms with Crippen molar-refractivity contribution in [3.8, 4) is 11.1 Å². The quantitative estimate of drug-likeness (QED) is 0.218. The number of anilines is 2. The normalized spacial score (nSPS) is 23.2. The summed E-state index contributed by atoms with van der Waals surface area (Å²) in [5, 5.41) is 8.13. The molecule has 0 amide bonds. The fourth-order valence-corrected chi connectivity index (χ4v) is 8.05. The van der Waals surface area contributed by atoms with Gasteiger partial charge in [0, 0.05) is 16.8 Å². The number of hydrogen-bond donors (Lipinski definition) is 0. The first kappa shape index (κ1) is 22.2. The third-order valence-electron chi connectivity index (χ3n) is 10.2. The Balaban J connectivity index is 1.38. The van der Waals surface area contributed by atoms with Gasteiger partial charge in [0.15, 0.2) is 0 Å². The lowest BCUT2D eigenvalue weighted by Gasteiger charge is -2.46. The summed E-state index contributed by atoms with van der Waals surface area (Å²) in [4.78, 5) is 2.68. The monoisotopic (exact) mass is 491 g/mol. The van der Waals surface area contributed by atoms with E-state index in [0.29, 0.717) is 0 Å². The first-order valence-corrected chi connectivity index (χ1v) is 14.3. The van der Waals surface area contributed by atoms with E-state index in [1.165, 1.54) is 92.5 Å². The van der Waals surface area contributed by atoms with E-state index < -0.39 is 0 Å². The predicted molar refractivity (Wildman–Crippen MR) is 163 cm³/mol. The molecule has 1 saturated carbocycles. The second-order valence-corrected chi connectivity index (χ2v) is 12.0. The van der Waals surface area contributed by atoms with Gasteiger partial charge in [-0.1, -0.05) is 105 Å². The van der Waals surface area contributed by atoms with Crippen LogP contribution in [0, 0.1) is 0 Å². The van der Waals surface area contributed by atoms with Gasteiger partial charge in [0.05, 0.1) is 5.54 Å². The van der Waals surface area contributed by atoms with Crippen molar-refractivity contribution in [3.63, 3.8) is 0 Å². The number of nitrogens with zero attached hydrogens (tertiary/aromatic N) is 1. The zero-order chi connectivity index (χ0) is 25.5.